The van der Waals surface area contributed by atoms with Crippen LogP contribution in [0.15, 0.2) is 47.6 Å². The van der Waals surface area contributed by atoms with E-state index in [1.807, 2.05) is 18.5 Å². The van der Waals surface area contributed by atoms with E-state index in [4.69, 9.17) is 0 Å². The third-order valence-corrected chi connectivity index (χ3v) is 4.06. The molecular formula is C17H24N4. The van der Waals surface area contributed by atoms with Crippen molar-refractivity contribution in [3.8, 4) is 0 Å². The van der Waals surface area contributed by atoms with Crippen LogP contribution in [0.1, 0.15) is 26.3 Å². The third kappa shape index (κ3) is 3.10. The summed E-state index contributed by atoms with van der Waals surface area (Å²) in [6.07, 6.45) is 6.09. The van der Waals surface area contributed by atoms with Gasteiger partial charge in [0.2, 0.25) is 0 Å². The highest BCUT2D eigenvalue weighted by atomic mass is 15.5. The number of hydrogen-bond acceptors (Lipinski definition) is 4. The standard InChI is InChI=1S/C17H24N4/c1-13(2)10-21-12-16-14(3)20(8-6-17(16)19-21)11-15-5-4-7-18-9-15/h4-7,9,13,19H,8,10-12H2,1-3H3. The number of hydrogen-bond donors (Lipinski definition) is 1. The zero-order valence-corrected chi connectivity index (χ0v) is 13.1. The average molecular weight is 284 g/mol. The Hall–Kier alpha value is -1.81. The molecule has 0 bridgehead atoms. The van der Waals surface area contributed by atoms with Crippen molar-refractivity contribution in [3.63, 3.8) is 0 Å². The van der Waals surface area contributed by atoms with E-state index in [2.05, 4.69) is 53.2 Å². The summed E-state index contributed by atoms with van der Waals surface area (Å²) in [7, 11) is 0. The van der Waals surface area contributed by atoms with Crippen LogP contribution in [-0.4, -0.2) is 34.5 Å². The molecule has 4 nitrogen and oxygen atoms in total. The van der Waals surface area contributed by atoms with Gasteiger partial charge < -0.3 is 10.3 Å². The van der Waals surface area contributed by atoms with Gasteiger partial charge in [0.15, 0.2) is 0 Å². The maximum absolute atomic E-state index is 4.21. The van der Waals surface area contributed by atoms with Crippen molar-refractivity contribution in [2.24, 2.45) is 5.92 Å². The molecule has 0 unspecified atom stereocenters. The number of rotatable bonds is 4. The summed E-state index contributed by atoms with van der Waals surface area (Å²) >= 11 is 0. The molecule has 1 fully saturated rings. The first-order chi connectivity index (χ1) is 10.1. The zero-order chi connectivity index (χ0) is 14.8. The van der Waals surface area contributed by atoms with E-state index in [0.29, 0.717) is 5.92 Å². The van der Waals surface area contributed by atoms with Crippen molar-refractivity contribution in [1.82, 2.24) is 20.3 Å². The molecule has 3 heterocycles. The molecule has 112 valence electrons. The Labute approximate surface area is 127 Å². The van der Waals surface area contributed by atoms with Crippen LogP contribution in [0.25, 0.3) is 0 Å². The number of fused-ring (bicyclic) bond motifs is 1. The molecule has 0 atom stereocenters. The number of hydrazine groups is 1. The molecule has 2 aliphatic heterocycles. The van der Waals surface area contributed by atoms with Crippen molar-refractivity contribution < 1.29 is 0 Å². The van der Waals surface area contributed by atoms with Gasteiger partial charge in [-0.25, -0.2) is 5.01 Å². The van der Waals surface area contributed by atoms with Gasteiger partial charge in [-0.2, -0.15) is 0 Å². The van der Waals surface area contributed by atoms with Crippen molar-refractivity contribution in [2.45, 2.75) is 27.3 Å². The van der Waals surface area contributed by atoms with E-state index in [1.165, 1.54) is 22.5 Å². The van der Waals surface area contributed by atoms with Gasteiger partial charge in [-0.3, -0.25) is 4.98 Å². The van der Waals surface area contributed by atoms with Gasteiger partial charge in [-0.15, -0.1) is 0 Å². The van der Waals surface area contributed by atoms with Crippen LogP contribution in [0.5, 0.6) is 0 Å². The quantitative estimate of drug-likeness (QED) is 0.920. The van der Waals surface area contributed by atoms with Gasteiger partial charge >= 0.3 is 0 Å². The summed E-state index contributed by atoms with van der Waals surface area (Å²) in [5.74, 6) is 0.672. The zero-order valence-electron chi connectivity index (χ0n) is 13.1. The Morgan fingerprint density at radius 3 is 2.95 bits per heavy atom. The molecule has 4 heteroatoms. The molecule has 0 spiro atoms. The molecule has 21 heavy (non-hydrogen) atoms. The smallest absolute Gasteiger partial charge is 0.0531 e. The SMILES string of the molecule is CC1=C2CN(CC(C)C)NC2=CCN1Cc1cccnc1. The van der Waals surface area contributed by atoms with E-state index in [-0.39, 0.29) is 0 Å². The molecule has 2 aliphatic rings. The van der Waals surface area contributed by atoms with Gasteiger partial charge in [0.05, 0.1) is 5.70 Å². The highest BCUT2D eigenvalue weighted by molar-refractivity contribution is 5.40. The van der Waals surface area contributed by atoms with Gasteiger partial charge in [0, 0.05) is 49.8 Å². The molecule has 0 amide bonds. The average Bonchev–Trinajstić information content (AvgIpc) is 2.86. The van der Waals surface area contributed by atoms with E-state index >= 15 is 0 Å². The molecular weight excluding hydrogens is 260 g/mol. The Balaban J connectivity index is 1.73. The van der Waals surface area contributed by atoms with Crippen LogP contribution in [-0.2, 0) is 6.54 Å². The lowest BCUT2D eigenvalue weighted by Crippen LogP contribution is -2.33. The number of aromatic nitrogens is 1. The minimum absolute atomic E-state index is 0.672. The lowest BCUT2D eigenvalue weighted by molar-refractivity contribution is 0.237. The molecule has 0 saturated carbocycles. The number of pyridine rings is 1. The minimum Gasteiger partial charge on any atom is -0.367 e. The van der Waals surface area contributed by atoms with Crippen LogP contribution in [0.3, 0.4) is 0 Å². The van der Waals surface area contributed by atoms with Crippen molar-refractivity contribution in [2.75, 3.05) is 19.6 Å². The van der Waals surface area contributed by atoms with E-state index in [1.54, 1.807) is 0 Å². The summed E-state index contributed by atoms with van der Waals surface area (Å²) in [4.78, 5) is 6.63. The predicted molar refractivity (Wildman–Crippen MR) is 85.0 cm³/mol. The second-order valence-corrected chi connectivity index (χ2v) is 6.31. The summed E-state index contributed by atoms with van der Waals surface area (Å²) in [6.45, 7) is 10.7. The van der Waals surface area contributed by atoms with Crippen molar-refractivity contribution in [3.05, 3.63) is 53.1 Å². The summed E-state index contributed by atoms with van der Waals surface area (Å²) in [5.41, 5.74) is 8.92. The van der Waals surface area contributed by atoms with Crippen LogP contribution >= 0.6 is 0 Å². The maximum atomic E-state index is 4.21. The highest BCUT2D eigenvalue weighted by Crippen LogP contribution is 2.28. The fraction of sp³-hybridized carbons (Fsp3) is 0.471. The van der Waals surface area contributed by atoms with Crippen LogP contribution in [0.2, 0.25) is 0 Å². The van der Waals surface area contributed by atoms with E-state index in [0.717, 1.165) is 26.2 Å². The molecule has 0 radical (unpaired) electrons. The minimum atomic E-state index is 0.672. The predicted octanol–water partition coefficient (Wildman–Crippen LogP) is 2.53. The molecule has 0 aromatic carbocycles. The molecule has 1 N–H and O–H groups in total. The number of nitrogens with one attached hydrogen (secondary N) is 1. The number of allylic oxidation sites excluding steroid dienone is 1. The Bertz CT molecular complexity index is 559. The van der Waals surface area contributed by atoms with Gasteiger partial charge in [-0.1, -0.05) is 19.9 Å². The lowest BCUT2D eigenvalue weighted by Gasteiger charge is -2.29. The molecule has 3 rings (SSSR count). The van der Waals surface area contributed by atoms with E-state index < -0.39 is 0 Å². The first-order valence-electron chi connectivity index (χ1n) is 7.69. The highest BCUT2D eigenvalue weighted by Gasteiger charge is 2.27. The third-order valence-electron chi connectivity index (χ3n) is 4.06. The topological polar surface area (TPSA) is 31.4 Å². The van der Waals surface area contributed by atoms with Gasteiger partial charge in [-0.05, 0) is 30.5 Å². The Morgan fingerprint density at radius 1 is 1.38 bits per heavy atom. The van der Waals surface area contributed by atoms with Crippen molar-refractivity contribution >= 4 is 0 Å². The van der Waals surface area contributed by atoms with E-state index in [9.17, 15) is 0 Å². The Kier molecular flexibility index (Phi) is 3.97. The van der Waals surface area contributed by atoms with Crippen LogP contribution in [0.4, 0.5) is 0 Å². The van der Waals surface area contributed by atoms with Gasteiger partial charge in [0.25, 0.3) is 0 Å². The lowest BCUT2D eigenvalue weighted by atomic mass is 10.1. The largest absolute Gasteiger partial charge is 0.367 e. The molecule has 1 aromatic heterocycles. The number of nitrogens with zero attached hydrogens (tertiary/aromatic N) is 3. The van der Waals surface area contributed by atoms with Crippen molar-refractivity contribution in [1.29, 1.82) is 0 Å². The van der Waals surface area contributed by atoms with Crippen LogP contribution in [0, 0.1) is 5.92 Å². The monoisotopic (exact) mass is 284 g/mol. The molecule has 0 aliphatic carbocycles. The summed E-state index contributed by atoms with van der Waals surface area (Å²) in [6, 6.07) is 4.15. The Morgan fingerprint density at radius 2 is 2.24 bits per heavy atom. The normalized spacial score (nSPS) is 18.9. The van der Waals surface area contributed by atoms with Gasteiger partial charge in [0.1, 0.15) is 0 Å². The first kappa shape index (κ1) is 14.1. The molecule has 1 saturated heterocycles. The fourth-order valence-corrected chi connectivity index (χ4v) is 3.01. The first-order valence-corrected chi connectivity index (χ1v) is 7.69. The summed E-state index contributed by atoms with van der Waals surface area (Å²) < 4.78 is 0. The second kappa shape index (κ2) is 5.90. The fourth-order valence-electron chi connectivity index (χ4n) is 3.01. The second-order valence-electron chi connectivity index (χ2n) is 6.31. The molecule has 1 aromatic rings. The summed E-state index contributed by atoms with van der Waals surface area (Å²) in [5, 5.41) is 2.32. The van der Waals surface area contributed by atoms with Crippen LogP contribution < -0.4 is 5.43 Å². The maximum Gasteiger partial charge on any atom is 0.0531 e.